The lowest BCUT2D eigenvalue weighted by molar-refractivity contribution is -0.385. The number of ether oxygens (including phenoxy) is 1. The first kappa shape index (κ1) is 22.9. The van der Waals surface area contributed by atoms with Crippen molar-refractivity contribution in [2.24, 2.45) is 0 Å². The molecule has 0 amide bonds. The fourth-order valence-corrected chi connectivity index (χ4v) is 2.21. The molecule has 0 bridgehead atoms. The molecule has 2 aromatic rings. The van der Waals surface area contributed by atoms with Crippen molar-refractivity contribution in [3.63, 3.8) is 0 Å². The predicted octanol–water partition coefficient (Wildman–Crippen LogP) is 4.69. The number of halogens is 6. The van der Waals surface area contributed by atoms with Gasteiger partial charge in [0.1, 0.15) is 12.0 Å². The third-order valence-corrected chi connectivity index (χ3v) is 3.64. The standard InChI is InChI=1S/C17H13F6N3O4/c18-16(19,20)11-6-10(7-12(8-11)17(21,22)23)15(27)30-5-1-4-24-14-3-2-13(9-25-14)26(28)29/h2-3,6-9H,1,4-5H2,(H,24,25). The largest absolute Gasteiger partial charge is 0.462 e. The average Bonchev–Trinajstić information content (AvgIpc) is 2.66. The van der Waals surface area contributed by atoms with Crippen LogP contribution in [-0.2, 0) is 17.1 Å². The molecule has 0 aliphatic carbocycles. The fourth-order valence-electron chi connectivity index (χ4n) is 2.21. The monoisotopic (exact) mass is 437 g/mol. The van der Waals surface area contributed by atoms with E-state index in [0.717, 1.165) is 6.20 Å². The SMILES string of the molecule is O=C(OCCCNc1ccc([N+](=O)[O-])cn1)c1cc(C(F)(F)F)cc(C(F)(F)F)c1. The van der Waals surface area contributed by atoms with Crippen LogP contribution in [0.3, 0.4) is 0 Å². The predicted molar refractivity (Wildman–Crippen MR) is 90.7 cm³/mol. The number of pyridine rings is 1. The maximum absolute atomic E-state index is 12.8. The molecule has 0 atom stereocenters. The molecule has 30 heavy (non-hydrogen) atoms. The molecular formula is C17H13F6N3O4. The van der Waals surface area contributed by atoms with E-state index < -0.39 is 39.9 Å². The number of hydrogen-bond donors (Lipinski definition) is 1. The Labute approximate surface area is 164 Å². The highest BCUT2D eigenvalue weighted by Gasteiger charge is 2.37. The lowest BCUT2D eigenvalue weighted by Crippen LogP contribution is -2.15. The van der Waals surface area contributed by atoms with Crippen molar-refractivity contribution < 1.29 is 40.8 Å². The number of carbonyl (C=O) groups excluding carboxylic acids is 1. The van der Waals surface area contributed by atoms with E-state index in [4.69, 9.17) is 4.74 Å². The van der Waals surface area contributed by atoms with Crippen LogP contribution in [0.15, 0.2) is 36.5 Å². The maximum atomic E-state index is 12.8. The maximum Gasteiger partial charge on any atom is 0.416 e. The quantitative estimate of drug-likeness (QED) is 0.222. The Morgan fingerprint density at radius 3 is 2.13 bits per heavy atom. The van der Waals surface area contributed by atoms with Crippen molar-refractivity contribution in [3.05, 3.63) is 63.3 Å². The Kier molecular flexibility index (Phi) is 6.84. The Bertz CT molecular complexity index is 881. The van der Waals surface area contributed by atoms with E-state index in [9.17, 15) is 41.3 Å². The molecule has 0 unspecified atom stereocenters. The van der Waals surface area contributed by atoms with Gasteiger partial charge in [-0.1, -0.05) is 0 Å². The number of rotatable bonds is 7. The van der Waals surface area contributed by atoms with Crippen molar-refractivity contribution in [2.75, 3.05) is 18.5 Å². The van der Waals surface area contributed by atoms with Gasteiger partial charge in [-0.05, 0) is 30.7 Å². The third kappa shape index (κ3) is 6.32. The van der Waals surface area contributed by atoms with Gasteiger partial charge >= 0.3 is 18.3 Å². The summed E-state index contributed by atoms with van der Waals surface area (Å²) < 4.78 is 81.6. The van der Waals surface area contributed by atoms with Gasteiger partial charge in [-0.2, -0.15) is 26.3 Å². The van der Waals surface area contributed by atoms with Crippen molar-refractivity contribution in [2.45, 2.75) is 18.8 Å². The topological polar surface area (TPSA) is 94.4 Å². The fraction of sp³-hybridized carbons (Fsp3) is 0.294. The molecule has 1 N–H and O–H groups in total. The van der Waals surface area contributed by atoms with Crippen LogP contribution >= 0.6 is 0 Å². The van der Waals surface area contributed by atoms with E-state index in [0.29, 0.717) is 5.82 Å². The summed E-state index contributed by atoms with van der Waals surface area (Å²) in [6.07, 6.45) is -8.97. The number of carbonyl (C=O) groups is 1. The number of nitro groups is 1. The van der Waals surface area contributed by atoms with Crippen LogP contribution in [0.4, 0.5) is 37.8 Å². The summed E-state index contributed by atoms with van der Waals surface area (Å²) in [6.45, 7) is -0.120. The third-order valence-electron chi connectivity index (χ3n) is 3.64. The molecule has 0 radical (unpaired) electrons. The van der Waals surface area contributed by atoms with E-state index >= 15 is 0 Å². The Morgan fingerprint density at radius 2 is 1.67 bits per heavy atom. The van der Waals surface area contributed by atoms with Gasteiger partial charge in [0.2, 0.25) is 0 Å². The number of anilines is 1. The van der Waals surface area contributed by atoms with Crippen molar-refractivity contribution in [1.82, 2.24) is 4.98 Å². The summed E-state index contributed by atoms with van der Waals surface area (Å²) in [7, 11) is 0. The van der Waals surface area contributed by atoms with E-state index in [2.05, 4.69) is 10.3 Å². The van der Waals surface area contributed by atoms with Crippen LogP contribution in [0.25, 0.3) is 0 Å². The minimum Gasteiger partial charge on any atom is -0.462 e. The highest BCUT2D eigenvalue weighted by atomic mass is 19.4. The Morgan fingerprint density at radius 1 is 1.07 bits per heavy atom. The second-order valence-electron chi connectivity index (χ2n) is 5.87. The molecule has 0 fully saturated rings. The molecule has 1 heterocycles. The summed E-state index contributed by atoms with van der Waals surface area (Å²) in [5.41, 5.74) is -4.32. The highest BCUT2D eigenvalue weighted by molar-refractivity contribution is 5.90. The lowest BCUT2D eigenvalue weighted by atomic mass is 10.0. The van der Waals surface area contributed by atoms with E-state index in [1.165, 1.54) is 12.1 Å². The molecule has 162 valence electrons. The number of benzene rings is 1. The van der Waals surface area contributed by atoms with Gasteiger partial charge in [0, 0.05) is 12.6 Å². The minimum absolute atomic E-state index is 0.0854. The zero-order valence-corrected chi connectivity index (χ0v) is 14.9. The van der Waals surface area contributed by atoms with Crippen molar-refractivity contribution in [1.29, 1.82) is 0 Å². The first-order valence-corrected chi connectivity index (χ1v) is 8.19. The van der Waals surface area contributed by atoms with Gasteiger partial charge in [-0.25, -0.2) is 9.78 Å². The Balaban J connectivity index is 1.93. The molecule has 0 aliphatic rings. The van der Waals surface area contributed by atoms with Gasteiger partial charge < -0.3 is 10.1 Å². The first-order valence-electron chi connectivity index (χ1n) is 8.19. The summed E-state index contributed by atoms with van der Waals surface area (Å²) in [5, 5.41) is 13.3. The number of esters is 1. The number of aromatic nitrogens is 1. The molecule has 7 nitrogen and oxygen atoms in total. The first-order chi connectivity index (χ1) is 13.9. The van der Waals surface area contributed by atoms with Crippen LogP contribution in [0.1, 0.15) is 27.9 Å². The van der Waals surface area contributed by atoms with Gasteiger partial charge in [-0.3, -0.25) is 10.1 Å². The summed E-state index contributed by atoms with van der Waals surface area (Å²) in [4.78, 5) is 25.5. The zero-order chi connectivity index (χ0) is 22.5. The molecule has 2 rings (SSSR count). The molecule has 0 saturated heterocycles. The molecule has 0 spiro atoms. The normalized spacial score (nSPS) is 11.8. The summed E-state index contributed by atoms with van der Waals surface area (Å²) in [6, 6.07) is 3.04. The highest BCUT2D eigenvalue weighted by Crippen LogP contribution is 2.36. The van der Waals surface area contributed by atoms with Crippen molar-refractivity contribution in [3.8, 4) is 0 Å². The van der Waals surface area contributed by atoms with Crippen LogP contribution in [-0.4, -0.2) is 29.0 Å². The van der Waals surface area contributed by atoms with Gasteiger partial charge in [0.15, 0.2) is 0 Å². The summed E-state index contributed by atoms with van der Waals surface area (Å²) in [5.74, 6) is -1.04. The van der Waals surface area contributed by atoms with Crippen LogP contribution in [0.5, 0.6) is 0 Å². The Hall–Kier alpha value is -3.38. The molecular weight excluding hydrogens is 424 g/mol. The van der Waals surface area contributed by atoms with E-state index in [-0.39, 0.29) is 43.5 Å². The number of nitrogens with one attached hydrogen (secondary N) is 1. The number of hydrogen-bond acceptors (Lipinski definition) is 6. The lowest BCUT2D eigenvalue weighted by Gasteiger charge is -2.14. The number of alkyl halides is 6. The van der Waals surface area contributed by atoms with Crippen LogP contribution in [0.2, 0.25) is 0 Å². The average molecular weight is 437 g/mol. The van der Waals surface area contributed by atoms with Crippen LogP contribution in [0, 0.1) is 10.1 Å². The van der Waals surface area contributed by atoms with Gasteiger partial charge in [-0.15, -0.1) is 0 Å². The number of nitrogens with zero attached hydrogens (tertiary/aromatic N) is 2. The van der Waals surface area contributed by atoms with E-state index in [1.54, 1.807) is 0 Å². The zero-order valence-electron chi connectivity index (χ0n) is 14.9. The summed E-state index contributed by atoms with van der Waals surface area (Å²) >= 11 is 0. The van der Waals surface area contributed by atoms with Crippen LogP contribution < -0.4 is 5.32 Å². The molecule has 1 aromatic heterocycles. The molecule has 0 aliphatic heterocycles. The van der Waals surface area contributed by atoms with Gasteiger partial charge in [0.05, 0.1) is 28.2 Å². The van der Waals surface area contributed by atoms with Gasteiger partial charge in [0.25, 0.3) is 5.69 Å². The van der Waals surface area contributed by atoms with Crippen molar-refractivity contribution >= 4 is 17.5 Å². The smallest absolute Gasteiger partial charge is 0.416 e. The molecule has 0 saturated carbocycles. The van der Waals surface area contributed by atoms with E-state index in [1.807, 2.05) is 0 Å². The molecule has 13 heteroatoms. The second kappa shape index (κ2) is 8.97. The second-order valence-corrected chi connectivity index (χ2v) is 5.87. The molecule has 1 aromatic carbocycles. The minimum atomic E-state index is -5.07.